The van der Waals surface area contributed by atoms with Crippen LogP contribution in [0.5, 0.6) is 0 Å². The van der Waals surface area contributed by atoms with Crippen molar-refractivity contribution >= 4 is 30.7 Å². The predicted octanol–water partition coefficient (Wildman–Crippen LogP) is 0.484. The third kappa shape index (κ3) is 2.80. The van der Waals surface area contributed by atoms with Crippen LogP contribution in [0.2, 0.25) is 0 Å². The van der Waals surface area contributed by atoms with Gasteiger partial charge in [-0.1, -0.05) is 0 Å². The number of rotatable bonds is 2. The van der Waals surface area contributed by atoms with Crippen molar-refractivity contribution in [1.82, 2.24) is 9.80 Å². The number of carbonyl (C=O) groups excluding carboxylic acids is 1. The van der Waals surface area contributed by atoms with E-state index >= 15 is 0 Å². The van der Waals surface area contributed by atoms with Gasteiger partial charge in [-0.2, -0.15) is 0 Å². The van der Waals surface area contributed by atoms with Crippen LogP contribution in [0.1, 0.15) is 19.3 Å². The molecule has 0 radical (unpaired) electrons. The first-order valence-electron chi connectivity index (χ1n) is 5.45. The van der Waals surface area contributed by atoms with Crippen LogP contribution in [0.3, 0.4) is 0 Å². The molecule has 0 bridgehead atoms. The van der Waals surface area contributed by atoms with E-state index in [-0.39, 0.29) is 36.8 Å². The van der Waals surface area contributed by atoms with Crippen molar-refractivity contribution in [2.75, 3.05) is 26.7 Å². The first-order valence-corrected chi connectivity index (χ1v) is 5.45. The molecule has 2 aliphatic heterocycles. The zero-order chi connectivity index (χ0) is 10.1. The molecule has 16 heavy (non-hydrogen) atoms. The van der Waals surface area contributed by atoms with E-state index in [2.05, 4.69) is 4.90 Å². The molecule has 0 aromatic rings. The van der Waals surface area contributed by atoms with E-state index in [9.17, 15) is 4.79 Å². The fourth-order valence-electron chi connectivity index (χ4n) is 2.63. The second-order valence-electron chi connectivity index (χ2n) is 4.33. The van der Waals surface area contributed by atoms with Gasteiger partial charge in [-0.05, 0) is 25.8 Å². The summed E-state index contributed by atoms with van der Waals surface area (Å²) in [5.74, 6) is 0.283. The largest absolute Gasteiger partial charge is 0.344 e. The van der Waals surface area contributed by atoms with Gasteiger partial charge < -0.3 is 10.6 Å². The topological polar surface area (TPSA) is 49.6 Å². The van der Waals surface area contributed by atoms with E-state index < -0.39 is 0 Å². The number of likely N-dealkylation sites (N-methyl/N-ethyl adjacent to an activating group) is 1. The van der Waals surface area contributed by atoms with Gasteiger partial charge in [0.15, 0.2) is 0 Å². The molecule has 2 atom stereocenters. The summed E-state index contributed by atoms with van der Waals surface area (Å²) in [6.45, 7) is 2.64. The molecular formula is C10H21Cl2N3O. The number of nitrogens with zero attached hydrogens (tertiary/aromatic N) is 2. The summed E-state index contributed by atoms with van der Waals surface area (Å²) in [6.07, 6.45) is 3.32. The fraction of sp³-hybridized carbons (Fsp3) is 0.900. The van der Waals surface area contributed by atoms with Crippen molar-refractivity contribution in [3.63, 3.8) is 0 Å². The van der Waals surface area contributed by atoms with Gasteiger partial charge in [0.25, 0.3) is 0 Å². The average Bonchev–Trinajstić information content (AvgIpc) is 2.75. The normalized spacial score (nSPS) is 30.1. The quantitative estimate of drug-likeness (QED) is 0.794. The minimum absolute atomic E-state index is 0. The van der Waals surface area contributed by atoms with Gasteiger partial charge in [0.05, 0.1) is 6.04 Å². The van der Waals surface area contributed by atoms with Crippen LogP contribution < -0.4 is 5.73 Å². The van der Waals surface area contributed by atoms with Gasteiger partial charge in [-0.3, -0.25) is 9.69 Å². The Labute approximate surface area is 109 Å². The summed E-state index contributed by atoms with van der Waals surface area (Å²) in [5, 5.41) is 0. The van der Waals surface area contributed by atoms with Crippen molar-refractivity contribution in [1.29, 1.82) is 0 Å². The first kappa shape index (κ1) is 16.0. The second kappa shape index (κ2) is 6.64. The second-order valence-corrected chi connectivity index (χ2v) is 4.33. The Morgan fingerprint density at radius 1 is 1.31 bits per heavy atom. The summed E-state index contributed by atoms with van der Waals surface area (Å²) in [7, 11) is 1.88. The van der Waals surface area contributed by atoms with Crippen LogP contribution >= 0.6 is 24.8 Å². The van der Waals surface area contributed by atoms with Gasteiger partial charge in [-0.15, -0.1) is 24.8 Å². The highest BCUT2D eigenvalue weighted by molar-refractivity contribution is 5.85. The van der Waals surface area contributed by atoms with Crippen LogP contribution in [0.25, 0.3) is 0 Å². The molecule has 2 saturated heterocycles. The first-order chi connectivity index (χ1) is 6.74. The lowest BCUT2D eigenvalue weighted by molar-refractivity contribution is -0.131. The SMILES string of the molecule is CN1CCC(N2CCCC2CN)C1=O.Cl.Cl. The van der Waals surface area contributed by atoms with Crippen molar-refractivity contribution < 1.29 is 4.79 Å². The van der Waals surface area contributed by atoms with Crippen molar-refractivity contribution in [2.24, 2.45) is 5.73 Å². The van der Waals surface area contributed by atoms with Gasteiger partial charge in [0.1, 0.15) is 0 Å². The highest BCUT2D eigenvalue weighted by atomic mass is 35.5. The molecule has 0 aromatic carbocycles. The Kier molecular flexibility index (Phi) is 6.63. The molecule has 4 nitrogen and oxygen atoms in total. The van der Waals surface area contributed by atoms with Crippen LogP contribution in [0.4, 0.5) is 0 Å². The van der Waals surface area contributed by atoms with E-state index in [4.69, 9.17) is 5.73 Å². The van der Waals surface area contributed by atoms with Gasteiger partial charge in [0, 0.05) is 26.2 Å². The van der Waals surface area contributed by atoms with E-state index in [1.807, 2.05) is 11.9 Å². The number of hydrogen-bond donors (Lipinski definition) is 1. The summed E-state index contributed by atoms with van der Waals surface area (Å²) < 4.78 is 0. The lowest BCUT2D eigenvalue weighted by atomic mass is 10.1. The molecule has 96 valence electrons. The number of halogens is 2. The number of amides is 1. The predicted molar refractivity (Wildman–Crippen MR) is 69.3 cm³/mol. The smallest absolute Gasteiger partial charge is 0.239 e. The van der Waals surface area contributed by atoms with Gasteiger partial charge in [0.2, 0.25) is 5.91 Å². The molecule has 2 heterocycles. The monoisotopic (exact) mass is 269 g/mol. The van der Waals surface area contributed by atoms with Crippen molar-refractivity contribution in [2.45, 2.75) is 31.3 Å². The lowest BCUT2D eigenvalue weighted by Crippen LogP contribution is -2.46. The van der Waals surface area contributed by atoms with Crippen LogP contribution in [0.15, 0.2) is 0 Å². The van der Waals surface area contributed by atoms with E-state index in [0.29, 0.717) is 12.6 Å². The molecule has 2 fully saturated rings. The highest BCUT2D eigenvalue weighted by Gasteiger charge is 2.38. The molecule has 2 unspecified atom stereocenters. The summed E-state index contributed by atoms with van der Waals surface area (Å²) in [4.78, 5) is 15.9. The van der Waals surface area contributed by atoms with Crippen molar-refractivity contribution in [3.05, 3.63) is 0 Å². The molecule has 1 amide bonds. The van der Waals surface area contributed by atoms with Crippen LogP contribution in [-0.4, -0.2) is 54.5 Å². The average molecular weight is 270 g/mol. The molecule has 0 spiro atoms. The maximum Gasteiger partial charge on any atom is 0.239 e. The third-order valence-corrected chi connectivity index (χ3v) is 3.49. The molecule has 0 aromatic heterocycles. The highest BCUT2D eigenvalue weighted by Crippen LogP contribution is 2.24. The molecule has 0 saturated carbocycles. The molecule has 6 heteroatoms. The number of carbonyl (C=O) groups is 1. The zero-order valence-corrected chi connectivity index (χ0v) is 11.2. The molecule has 2 N–H and O–H groups in total. The van der Waals surface area contributed by atoms with Crippen molar-refractivity contribution in [3.8, 4) is 0 Å². The zero-order valence-electron chi connectivity index (χ0n) is 9.59. The standard InChI is InChI=1S/C10H19N3O.2ClH/c1-12-6-4-9(10(12)14)13-5-2-3-8(13)7-11;;/h8-9H,2-7,11H2,1H3;2*1H. The van der Waals surface area contributed by atoms with Gasteiger partial charge >= 0.3 is 0 Å². The maximum absolute atomic E-state index is 11.8. The molecule has 0 aliphatic carbocycles. The fourth-order valence-corrected chi connectivity index (χ4v) is 2.63. The Hall–Kier alpha value is -0.0300. The molecule has 2 aliphatic rings. The third-order valence-electron chi connectivity index (χ3n) is 3.49. The lowest BCUT2D eigenvalue weighted by Gasteiger charge is -2.28. The number of hydrogen-bond acceptors (Lipinski definition) is 3. The summed E-state index contributed by atoms with van der Waals surface area (Å²) in [6, 6.07) is 0.562. The molecular weight excluding hydrogens is 249 g/mol. The van der Waals surface area contributed by atoms with Crippen LogP contribution in [-0.2, 0) is 4.79 Å². The van der Waals surface area contributed by atoms with Gasteiger partial charge in [-0.25, -0.2) is 0 Å². The Morgan fingerprint density at radius 2 is 2.00 bits per heavy atom. The maximum atomic E-state index is 11.8. The summed E-state index contributed by atoms with van der Waals surface area (Å²) in [5.41, 5.74) is 5.71. The Balaban J connectivity index is 0.00000112. The minimum atomic E-state index is 0. The Bertz CT molecular complexity index is 240. The van der Waals surface area contributed by atoms with E-state index in [0.717, 1.165) is 25.9 Å². The van der Waals surface area contributed by atoms with E-state index in [1.165, 1.54) is 6.42 Å². The molecule has 2 rings (SSSR count). The number of nitrogens with two attached hydrogens (primary N) is 1. The Morgan fingerprint density at radius 3 is 2.50 bits per heavy atom. The summed E-state index contributed by atoms with van der Waals surface area (Å²) >= 11 is 0. The minimum Gasteiger partial charge on any atom is -0.344 e. The number of likely N-dealkylation sites (tertiary alicyclic amines) is 2. The van der Waals surface area contributed by atoms with Crippen LogP contribution in [0, 0.1) is 0 Å². The van der Waals surface area contributed by atoms with E-state index in [1.54, 1.807) is 0 Å².